The summed E-state index contributed by atoms with van der Waals surface area (Å²) in [6, 6.07) is 2.93. The van der Waals surface area contributed by atoms with Crippen molar-refractivity contribution in [1.29, 1.82) is 0 Å². The Balaban J connectivity index is 3.22. The van der Waals surface area contributed by atoms with Crippen LogP contribution in [0.1, 0.15) is 6.92 Å². The van der Waals surface area contributed by atoms with E-state index in [2.05, 4.69) is 10.9 Å². The van der Waals surface area contributed by atoms with E-state index in [1.165, 1.54) is 22.6 Å². The van der Waals surface area contributed by atoms with Crippen LogP contribution in [0.25, 0.3) is 0 Å². The molecule has 1 aromatic heterocycles. The van der Waals surface area contributed by atoms with Gasteiger partial charge in [0.05, 0.1) is 6.54 Å². The fraction of sp³-hybridized carbons (Fsp3) is 0.300. The van der Waals surface area contributed by atoms with Gasteiger partial charge in [-0.3, -0.25) is 0 Å². The van der Waals surface area contributed by atoms with Crippen molar-refractivity contribution < 1.29 is 8.42 Å². The van der Waals surface area contributed by atoms with E-state index >= 15 is 0 Å². The average molecular weight is 239 g/mol. The number of hydrogen-bond acceptors (Lipinski definition) is 4. The second-order valence-corrected chi connectivity index (χ2v) is 4.93. The standard InChI is InChI=1S/C10H13N3O2S/c1-3-8-13(4-2)16(14,15)9-6-5-7-12-10(9)11/h1,5-7H,4,8H2,2H3,(H2,11,12). The molecule has 0 amide bonds. The molecule has 5 nitrogen and oxygen atoms in total. The molecular weight excluding hydrogens is 226 g/mol. The number of nitrogen functional groups attached to an aromatic ring is 1. The molecule has 1 rings (SSSR count). The number of nitrogens with zero attached hydrogens (tertiary/aromatic N) is 2. The van der Waals surface area contributed by atoms with Crippen LogP contribution in [-0.2, 0) is 10.0 Å². The molecule has 2 N–H and O–H groups in total. The molecule has 0 fully saturated rings. The van der Waals surface area contributed by atoms with Gasteiger partial charge in [0, 0.05) is 12.7 Å². The number of sulfonamides is 1. The molecule has 0 saturated carbocycles. The minimum Gasteiger partial charge on any atom is -0.383 e. The fourth-order valence-electron chi connectivity index (χ4n) is 1.23. The molecule has 0 saturated heterocycles. The predicted molar refractivity (Wildman–Crippen MR) is 61.9 cm³/mol. The molecule has 0 atom stereocenters. The van der Waals surface area contributed by atoms with Crippen molar-refractivity contribution in [2.75, 3.05) is 18.8 Å². The molecule has 86 valence electrons. The molecule has 0 radical (unpaired) electrons. The van der Waals surface area contributed by atoms with Gasteiger partial charge in [-0.25, -0.2) is 13.4 Å². The highest BCUT2D eigenvalue weighted by Crippen LogP contribution is 2.19. The van der Waals surface area contributed by atoms with Crippen LogP contribution >= 0.6 is 0 Å². The molecular formula is C10H13N3O2S. The highest BCUT2D eigenvalue weighted by molar-refractivity contribution is 7.89. The van der Waals surface area contributed by atoms with Crippen LogP contribution < -0.4 is 5.73 Å². The molecule has 1 heterocycles. The van der Waals surface area contributed by atoms with E-state index in [-0.39, 0.29) is 17.3 Å². The monoisotopic (exact) mass is 239 g/mol. The molecule has 6 heteroatoms. The van der Waals surface area contributed by atoms with Crippen molar-refractivity contribution >= 4 is 15.8 Å². The maximum absolute atomic E-state index is 12.1. The zero-order valence-corrected chi connectivity index (χ0v) is 9.74. The van der Waals surface area contributed by atoms with Crippen molar-refractivity contribution in [3.05, 3.63) is 18.3 Å². The Bertz CT molecular complexity index is 505. The van der Waals surface area contributed by atoms with E-state index in [0.29, 0.717) is 6.54 Å². The van der Waals surface area contributed by atoms with Gasteiger partial charge in [-0.05, 0) is 12.1 Å². The summed E-state index contributed by atoms with van der Waals surface area (Å²) in [5.74, 6) is 2.28. The summed E-state index contributed by atoms with van der Waals surface area (Å²) in [6.45, 7) is 2.02. The van der Waals surface area contributed by atoms with Crippen molar-refractivity contribution in [2.45, 2.75) is 11.8 Å². The smallest absolute Gasteiger partial charge is 0.247 e. The number of terminal acetylenes is 1. The van der Waals surface area contributed by atoms with Crippen molar-refractivity contribution in [1.82, 2.24) is 9.29 Å². The number of pyridine rings is 1. The molecule has 16 heavy (non-hydrogen) atoms. The first-order chi connectivity index (χ1) is 7.54. The largest absolute Gasteiger partial charge is 0.383 e. The van der Waals surface area contributed by atoms with E-state index in [1.807, 2.05) is 0 Å². The van der Waals surface area contributed by atoms with E-state index in [9.17, 15) is 8.42 Å². The molecule has 0 aliphatic heterocycles. The van der Waals surface area contributed by atoms with E-state index in [4.69, 9.17) is 12.2 Å². The Hall–Kier alpha value is -1.58. The third-order valence-electron chi connectivity index (χ3n) is 2.04. The summed E-state index contributed by atoms with van der Waals surface area (Å²) in [7, 11) is -3.64. The third-order valence-corrected chi connectivity index (χ3v) is 4.01. The first-order valence-electron chi connectivity index (χ1n) is 4.68. The van der Waals surface area contributed by atoms with Gasteiger partial charge in [0.25, 0.3) is 0 Å². The lowest BCUT2D eigenvalue weighted by Crippen LogP contribution is -2.31. The van der Waals surface area contributed by atoms with Gasteiger partial charge < -0.3 is 5.73 Å². The van der Waals surface area contributed by atoms with E-state index in [1.54, 1.807) is 6.92 Å². The Morgan fingerprint density at radius 2 is 2.31 bits per heavy atom. The van der Waals surface area contributed by atoms with Crippen LogP contribution in [-0.4, -0.2) is 30.8 Å². The number of anilines is 1. The van der Waals surface area contributed by atoms with E-state index < -0.39 is 10.0 Å². The summed E-state index contributed by atoms with van der Waals surface area (Å²) >= 11 is 0. The van der Waals surface area contributed by atoms with Crippen LogP contribution in [0.3, 0.4) is 0 Å². The van der Waals surface area contributed by atoms with Crippen molar-refractivity contribution in [2.24, 2.45) is 0 Å². The highest BCUT2D eigenvalue weighted by Gasteiger charge is 2.24. The normalized spacial score (nSPS) is 11.3. The summed E-state index contributed by atoms with van der Waals surface area (Å²) in [5.41, 5.74) is 5.53. The Labute approximate surface area is 95.3 Å². The highest BCUT2D eigenvalue weighted by atomic mass is 32.2. The molecule has 1 aromatic rings. The van der Waals surface area contributed by atoms with Crippen LogP contribution in [0, 0.1) is 12.3 Å². The van der Waals surface area contributed by atoms with Crippen LogP contribution in [0.2, 0.25) is 0 Å². The number of aromatic nitrogens is 1. The van der Waals surface area contributed by atoms with Gasteiger partial charge in [0.1, 0.15) is 10.7 Å². The summed E-state index contributed by atoms with van der Waals surface area (Å²) in [4.78, 5) is 3.74. The quantitative estimate of drug-likeness (QED) is 0.767. The lowest BCUT2D eigenvalue weighted by atomic mass is 10.5. The molecule has 0 spiro atoms. The molecule has 0 aromatic carbocycles. The van der Waals surface area contributed by atoms with Gasteiger partial charge in [-0.2, -0.15) is 4.31 Å². The van der Waals surface area contributed by atoms with Gasteiger partial charge in [-0.15, -0.1) is 6.42 Å². The summed E-state index contributed by atoms with van der Waals surface area (Å²) in [6.07, 6.45) is 6.55. The minimum atomic E-state index is -3.64. The lowest BCUT2D eigenvalue weighted by Gasteiger charge is -2.18. The topological polar surface area (TPSA) is 76.3 Å². The molecule has 0 unspecified atom stereocenters. The van der Waals surface area contributed by atoms with Crippen LogP contribution in [0.4, 0.5) is 5.82 Å². The van der Waals surface area contributed by atoms with Gasteiger partial charge in [-0.1, -0.05) is 12.8 Å². The average Bonchev–Trinajstić information content (AvgIpc) is 2.26. The van der Waals surface area contributed by atoms with Gasteiger partial charge >= 0.3 is 0 Å². The van der Waals surface area contributed by atoms with Gasteiger partial charge in [0.2, 0.25) is 10.0 Å². The summed E-state index contributed by atoms with van der Waals surface area (Å²) in [5, 5.41) is 0. The SMILES string of the molecule is C#CCN(CC)S(=O)(=O)c1cccnc1N. The second-order valence-electron chi connectivity index (χ2n) is 3.02. The van der Waals surface area contributed by atoms with Crippen LogP contribution in [0.15, 0.2) is 23.2 Å². The first kappa shape index (κ1) is 12.5. The second kappa shape index (κ2) is 4.96. The lowest BCUT2D eigenvalue weighted by molar-refractivity contribution is 0.464. The number of nitrogens with two attached hydrogens (primary N) is 1. The molecule has 0 bridgehead atoms. The van der Waals surface area contributed by atoms with E-state index in [0.717, 1.165) is 0 Å². The zero-order chi connectivity index (χ0) is 12.2. The summed E-state index contributed by atoms with van der Waals surface area (Å²) < 4.78 is 25.3. The molecule has 0 aliphatic carbocycles. The Morgan fingerprint density at radius 1 is 1.62 bits per heavy atom. The fourth-order valence-corrected chi connectivity index (χ4v) is 2.66. The number of rotatable bonds is 4. The predicted octanol–water partition coefficient (Wildman–Crippen LogP) is 0.308. The van der Waals surface area contributed by atoms with Gasteiger partial charge in [0.15, 0.2) is 0 Å². The Kier molecular flexibility index (Phi) is 3.88. The molecule has 0 aliphatic rings. The van der Waals surface area contributed by atoms with Crippen molar-refractivity contribution in [3.8, 4) is 12.3 Å². The van der Waals surface area contributed by atoms with Crippen LogP contribution in [0.5, 0.6) is 0 Å². The maximum Gasteiger partial charge on any atom is 0.247 e. The maximum atomic E-state index is 12.1. The third kappa shape index (κ3) is 2.32. The minimum absolute atomic E-state index is 0.00731. The van der Waals surface area contributed by atoms with Crippen molar-refractivity contribution in [3.63, 3.8) is 0 Å². The Morgan fingerprint density at radius 3 is 2.81 bits per heavy atom. The number of hydrogen-bond donors (Lipinski definition) is 1. The first-order valence-corrected chi connectivity index (χ1v) is 6.12. The zero-order valence-electron chi connectivity index (χ0n) is 8.92.